The summed E-state index contributed by atoms with van der Waals surface area (Å²) in [6, 6.07) is 25.7. The van der Waals surface area contributed by atoms with Crippen LogP contribution in [0, 0.1) is 6.07 Å². The van der Waals surface area contributed by atoms with Crippen LogP contribution in [-0.4, -0.2) is 37.3 Å². The Morgan fingerprint density at radius 2 is 1.00 bits per heavy atom. The third kappa shape index (κ3) is 4.76. The Hall–Kier alpha value is -1.49. The molecule has 0 atom stereocenters. The van der Waals surface area contributed by atoms with Crippen LogP contribution in [-0.2, 0) is 0 Å². The fourth-order valence-corrected chi connectivity index (χ4v) is 2.35. The number of benzene rings is 3. The molecule has 0 saturated heterocycles. The molecule has 24 heavy (non-hydrogen) atoms. The van der Waals surface area contributed by atoms with E-state index in [1.807, 2.05) is 48.5 Å². The van der Waals surface area contributed by atoms with Crippen LogP contribution in [0.3, 0.4) is 0 Å². The second kappa shape index (κ2) is 9.72. The van der Waals surface area contributed by atoms with Crippen LogP contribution >= 0.6 is 0 Å². The normalized spacial score (nSPS) is 9.42. The van der Waals surface area contributed by atoms with Crippen molar-refractivity contribution in [3.05, 3.63) is 72.8 Å². The number of methoxy groups -OCH3 is 2. The van der Waals surface area contributed by atoms with Crippen molar-refractivity contribution in [1.29, 1.82) is 0 Å². The van der Waals surface area contributed by atoms with E-state index in [4.69, 9.17) is 9.47 Å². The fraction of sp³-hybridized carbons (Fsp3) is 0.100. The second-order valence-electron chi connectivity index (χ2n) is 4.94. The average molecular weight is 394 g/mol. The predicted molar refractivity (Wildman–Crippen MR) is 95.0 cm³/mol. The minimum atomic E-state index is 0. The average Bonchev–Trinajstić information content (AvgIpc) is 2.62. The molecule has 0 N–H and O–H groups in total. The molecule has 2 nitrogen and oxygen atoms in total. The van der Waals surface area contributed by atoms with Gasteiger partial charge >= 0.3 is 23.1 Å². The van der Waals surface area contributed by atoms with Gasteiger partial charge in [-0.15, -0.1) is 35.4 Å². The molecular formula is C20H17BrMgO2. The number of halogens is 1. The maximum Gasteiger partial charge on any atom is 2.00 e. The summed E-state index contributed by atoms with van der Waals surface area (Å²) in [7, 11) is 3.34. The van der Waals surface area contributed by atoms with Gasteiger partial charge in [0.25, 0.3) is 0 Å². The van der Waals surface area contributed by atoms with Crippen molar-refractivity contribution >= 4 is 23.1 Å². The van der Waals surface area contributed by atoms with E-state index in [9.17, 15) is 0 Å². The molecule has 3 aromatic carbocycles. The summed E-state index contributed by atoms with van der Waals surface area (Å²) < 4.78 is 10.4. The molecule has 0 saturated carbocycles. The Morgan fingerprint density at radius 1 is 0.625 bits per heavy atom. The standard InChI is InChI=1S/C20H17O2.BrH.Mg/c1-21-19-10-6-15(7-11-19)17-4-3-5-18(14-17)16-8-12-20(22-2)13-9-16;;/h3-13H,1-2H3;1H;/q-1;;+2/p-1. The first-order valence-corrected chi connectivity index (χ1v) is 7.11. The SMILES string of the molecule is COc1ccc(-c2[c-]c(-c3ccc(OC)cc3)ccc2)cc1.[Br-].[Mg+2]. The van der Waals surface area contributed by atoms with E-state index < -0.39 is 0 Å². The minimum Gasteiger partial charge on any atom is -1.00 e. The Balaban J connectivity index is 0.00000144. The number of hydrogen-bond acceptors (Lipinski definition) is 2. The Labute approximate surface area is 169 Å². The zero-order valence-electron chi connectivity index (χ0n) is 13.8. The van der Waals surface area contributed by atoms with Crippen molar-refractivity contribution < 1.29 is 26.5 Å². The first-order chi connectivity index (χ1) is 10.8. The van der Waals surface area contributed by atoms with Gasteiger partial charge in [-0.3, -0.25) is 0 Å². The van der Waals surface area contributed by atoms with Crippen LogP contribution in [0.15, 0.2) is 66.7 Å². The molecule has 3 rings (SSSR count). The summed E-state index contributed by atoms with van der Waals surface area (Å²) in [5.41, 5.74) is 4.37. The Bertz CT molecular complexity index is 693. The van der Waals surface area contributed by atoms with Crippen LogP contribution < -0.4 is 26.5 Å². The van der Waals surface area contributed by atoms with Crippen LogP contribution in [0.1, 0.15) is 0 Å². The summed E-state index contributed by atoms with van der Waals surface area (Å²) in [6.45, 7) is 0. The van der Waals surface area contributed by atoms with Crippen LogP contribution in [0.5, 0.6) is 11.5 Å². The van der Waals surface area contributed by atoms with Gasteiger partial charge in [0, 0.05) is 0 Å². The van der Waals surface area contributed by atoms with Crippen molar-refractivity contribution in [1.82, 2.24) is 0 Å². The molecule has 0 aromatic heterocycles. The minimum absolute atomic E-state index is 0. The van der Waals surface area contributed by atoms with Crippen molar-refractivity contribution in [3.63, 3.8) is 0 Å². The van der Waals surface area contributed by atoms with Crippen molar-refractivity contribution in [2.75, 3.05) is 14.2 Å². The molecule has 0 radical (unpaired) electrons. The van der Waals surface area contributed by atoms with Gasteiger partial charge in [0.2, 0.25) is 0 Å². The Kier molecular flexibility index (Phi) is 8.32. The molecule has 3 aromatic rings. The summed E-state index contributed by atoms with van der Waals surface area (Å²) in [5.74, 6) is 1.71. The molecule has 0 aliphatic carbocycles. The summed E-state index contributed by atoms with van der Waals surface area (Å²) in [5, 5.41) is 0. The molecule has 0 spiro atoms. The van der Waals surface area contributed by atoms with E-state index in [1.54, 1.807) is 14.2 Å². The van der Waals surface area contributed by atoms with Crippen LogP contribution in [0.2, 0.25) is 0 Å². The molecule has 0 bridgehead atoms. The van der Waals surface area contributed by atoms with E-state index in [1.165, 1.54) is 0 Å². The van der Waals surface area contributed by atoms with Crippen molar-refractivity contribution in [3.8, 4) is 33.8 Å². The number of hydrogen-bond donors (Lipinski definition) is 0. The topological polar surface area (TPSA) is 18.5 Å². The molecule has 0 heterocycles. The maximum atomic E-state index is 5.20. The smallest absolute Gasteiger partial charge is 1.00 e. The van der Waals surface area contributed by atoms with E-state index in [0.29, 0.717) is 0 Å². The van der Waals surface area contributed by atoms with Crippen LogP contribution in [0.25, 0.3) is 22.3 Å². The van der Waals surface area contributed by atoms with Crippen molar-refractivity contribution in [2.45, 2.75) is 0 Å². The van der Waals surface area contributed by atoms with Gasteiger partial charge in [-0.05, 0) is 24.3 Å². The number of ether oxygens (including phenoxy) is 2. The molecular weight excluding hydrogens is 376 g/mol. The zero-order chi connectivity index (χ0) is 15.4. The first-order valence-electron chi connectivity index (χ1n) is 7.11. The molecule has 0 fully saturated rings. The molecule has 4 heteroatoms. The maximum absolute atomic E-state index is 5.20. The molecule has 0 unspecified atom stereocenters. The quantitative estimate of drug-likeness (QED) is 0.494. The Morgan fingerprint density at radius 3 is 1.33 bits per heavy atom. The van der Waals surface area contributed by atoms with Gasteiger partial charge in [-0.2, -0.15) is 0 Å². The third-order valence-corrected chi connectivity index (χ3v) is 3.60. The molecule has 118 valence electrons. The molecule has 0 aliphatic rings. The fourth-order valence-electron chi connectivity index (χ4n) is 2.35. The van der Waals surface area contributed by atoms with Gasteiger partial charge in [-0.1, -0.05) is 35.4 Å². The van der Waals surface area contributed by atoms with Gasteiger partial charge < -0.3 is 26.5 Å². The van der Waals surface area contributed by atoms with E-state index in [2.05, 4.69) is 24.3 Å². The second-order valence-corrected chi connectivity index (χ2v) is 4.94. The van der Waals surface area contributed by atoms with E-state index in [-0.39, 0.29) is 40.0 Å². The van der Waals surface area contributed by atoms with Crippen molar-refractivity contribution in [2.24, 2.45) is 0 Å². The van der Waals surface area contributed by atoms with E-state index in [0.717, 1.165) is 33.8 Å². The number of rotatable bonds is 4. The summed E-state index contributed by atoms with van der Waals surface area (Å²) >= 11 is 0. The predicted octanol–water partition coefficient (Wildman–Crippen LogP) is 1.46. The van der Waals surface area contributed by atoms with E-state index >= 15 is 0 Å². The molecule has 0 aliphatic heterocycles. The van der Waals surface area contributed by atoms with Gasteiger partial charge in [-0.25, -0.2) is 0 Å². The first kappa shape index (κ1) is 20.6. The molecule has 0 amide bonds. The van der Waals surface area contributed by atoms with Gasteiger partial charge in [0.1, 0.15) is 11.5 Å². The zero-order valence-corrected chi connectivity index (χ0v) is 16.8. The van der Waals surface area contributed by atoms with Crippen LogP contribution in [0.4, 0.5) is 0 Å². The third-order valence-electron chi connectivity index (χ3n) is 3.60. The van der Waals surface area contributed by atoms with Gasteiger partial charge in [0.05, 0.1) is 14.2 Å². The van der Waals surface area contributed by atoms with Gasteiger partial charge in [0.15, 0.2) is 0 Å². The summed E-state index contributed by atoms with van der Waals surface area (Å²) in [4.78, 5) is 0. The summed E-state index contributed by atoms with van der Waals surface area (Å²) in [6.07, 6.45) is 0. The largest absolute Gasteiger partial charge is 2.00 e. The monoisotopic (exact) mass is 392 g/mol.